The Labute approximate surface area is 137 Å². The molecule has 1 amide bonds. The van der Waals surface area contributed by atoms with E-state index in [4.69, 9.17) is 4.74 Å². The Balaban J connectivity index is 2.29. The number of ether oxygens (including phenoxy) is 1. The van der Waals surface area contributed by atoms with Crippen LogP contribution in [0.25, 0.3) is 0 Å². The number of aromatic hydroxyl groups is 1. The minimum atomic E-state index is -0.176. The summed E-state index contributed by atoms with van der Waals surface area (Å²) in [5.41, 5.74) is 0.514. The average Bonchev–Trinajstić information content (AvgIpc) is 2.55. The van der Waals surface area contributed by atoms with Crippen molar-refractivity contribution in [2.24, 2.45) is 4.99 Å². The number of phenolic OH excluding ortho intramolecular Hbond substituents is 1. The van der Waals surface area contributed by atoms with Gasteiger partial charge in [-0.25, -0.2) is 0 Å². The molecule has 0 aromatic heterocycles. The van der Waals surface area contributed by atoms with E-state index in [0.29, 0.717) is 44.4 Å². The van der Waals surface area contributed by atoms with Crippen LogP contribution in [-0.4, -0.2) is 56.4 Å². The number of guanidine groups is 1. The van der Waals surface area contributed by atoms with Crippen LogP contribution in [0.1, 0.15) is 24.2 Å². The summed E-state index contributed by atoms with van der Waals surface area (Å²) >= 11 is 0. The molecular weight excluding hydrogens is 296 g/mol. The van der Waals surface area contributed by atoms with Crippen molar-refractivity contribution in [3.63, 3.8) is 0 Å². The maximum atomic E-state index is 11.9. The van der Waals surface area contributed by atoms with Gasteiger partial charge in [0.05, 0.1) is 13.2 Å². The van der Waals surface area contributed by atoms with E-state index in [1.807, 2.05) is 13.8 Å². The minimum absolute atomic E-state index is 0.141. The molecule has 4 N–H and O–H groups in total. The van der Waals surface area contributed by atoms with E-state index in [1.165, 1.54) is 12.1 Å². The third-order valence-electron chi connectivity index (χ3n) is 2.89. The van der Waals surface area contributed by atoms with Gasteiger partial charge in [0.15, 0.2) is 5.96 Å². The molecular formula is C16H26N4O3. The van der Waals surface area contributed by atoms with E-state index in [9.17, 15) is 9.90 Å². The number of aliphatic imine (C=N–C) groups is 1. The molecule has 1 rings (SSSR count). The van der Waals surface area contributed by atoms with E-state index in [0.717, 1.165) is 6.54 Å². The highest BCUT2D eigenvalue weighted by Gasteiger charge is 2.04. The van der Waals surface area contributed by atoms with Crippen LogP contribution in [0.15, 0.2) is 29.3 Å². The summed E-state index contributed by atoms with van der Waals surface area (Å²) in [5, 5.41) is 18.3. The van der Waals surface area contributed by atoms with Gasteiger partial charge in [-0.15, -0.1) is 0 Å². The number of nitrogens with one attached hydrogen (secondary N) is 3. The van der Waals surface area contributed by atoms with Crippen LogP contribution >= 0.6 is 0 Å². The molecule has 23 heavy (non-hydrogen) atoms. The molecule has 1 aromatic rings. The number of nitrogens with zero attached hydrogens (tertiary/aromatic N) is 1. The smallest absolute Gasteiger partial charge is 0.251 e. The maximum Gasteiger partial charge on any atom is 0.251 e. The topological polar surface area (TPSA) is 95.0 Å². The fourth-order valence-electron chi connectivity index (χ4n) is 1.78. The third-order valence-corrected chi connectivity index (χ3v) is 2.89. The molecule has 128 valence electrons. The van der Waals surface area contributed by atoms with Crippen LogP contribution in [0.3, 0.4) is 0 Å². The van der Waals surface area contributed by atoms with Gasteiger partial charge in [0, 0.05) is 31.8 Å². The fourth-order valence-corrected chi connectivity index (χ4v) is 1.78. The number of hydrogen-bond acceptors (Lipinski definition) is 4. The summed E-state index contributed by atoms with van der Waals surface area (Å²) in [4.78, 5) is 16.3. The van der Waals surface area contributed by atoms with Gasteiger partial charge >= 0.3 is 0 Å². The summed E-state index contributed by atoms with van der Waals surface area (Å²) in [6, 6.07) is 6.14. The van der Waals surface area contributed by atoms with E-state index in [-0.39, 0.29) is 11.7 Å². The number of benzene rings is 1. The Kier molecular flexibility index (Phi) is 9.23. The Morgan fingerprint density at radius 1 is 1.13 bits per heavy atom. The number of hydrogen-bond donors (Lipinski definition) is 4. The van der Waals surface area contributed by atoms with Crippen LogP contribution in [0.2, 0.25) is 0 Å². The van der Waals surface area contributed by atoms with Crippen molar-refractivity contribution in [3.8, 4) is 5.75 Å². The van der Waals surface area contributed by atoms with Crippen molar-refractivity contribution in [2.45, 2.75) is 13.8 Å². The van der Waals surface area contributed by atoms with Gasteiger partial charge < -0.3 is 25.8 Å². The molecule has 0 heterocycles. The third kappa shape index (κ3) is 8.06. The van der Waals surface area contributed by atoms with Crippen LogP contribution in [-0.2, 0) is 4.74 Å². The summed E-state index contributed by atoms with van der Waals surface area (Å²) in [6.07, 6.45) is 0. The second-order valence-electron chi connectivity index (χ2n) is 4.69. The first kappa shape index (κ1) is 18.8. The Bertz CT molecular complexity index is 489. The Morgan fingerprint density at radius 3 is 2.48 bits per heavy atom. The first-order chi connectivity index (χ1) is 11.2. The molecule has 0 aliphatic heterocycles. The number of amides is 1. The lowest BCUT2D eigenvalue weighted by Crippen LogP contribution is -2.41. The van der Waals surface area contributed by atoms with Crippen LogP contribution in [0.4, 0.5) is 0 Å². The molecule has 0 bridgehead atoms. The molecule has 7 heteroatoms. The maximum absolute atomic E-state index is 11.9. The monoisotopic (exact) mass is 322 g/mol. The van der Waals surface area contributed by atoms with Crippen molar-refractivity contribution >= 4 is 11.9 Å². The quantitative estimate of drug-likeness (QED) is 0.305. The van der Waals surface area contributed by atoms with E-state index in [2.05, 4.69) is 20.9 Å². The summed E-state index contributed by atoms with van der Waals surface area (Å²) in [6.45, 7) is 7.59. The van der Waals surface area contributed by atoms with Gasteiger partial charge in [0.1, 0.15) is 5.75 Å². The number of phenols is 1. The molecule has 0 aliphatic rings. The van der Waals surface area contributed by atoms with Crippen LogP contribution < -0.4 is 16.0 Å². The van der Waals surface area contributed by atoms with E-state index < -0.39 is 0 Å². The summed E-state index contributed by atoms with van der Waals surface area (Å²) in [5.74, 6) is 0.665. The lowest BCUT2D eigenvalue weighted by molar-refractivity contribution is 0.0954. The second-order valence-corrected chi connectivity index (χ2v) is 4.69. The Hall–Kier alpha value is -2.28. The SMILES string of the molecule is CCNC(=NCCOCC)NCCNC(=O)c1ccc(O)cc1. The number of rotatable bonds is 9. The molecule has 0 radical (unpaired) electrons. The molecule has 0 atom stereocenters. The fraction of sp³-hybridized carbons (Fsp3) is 0.500. The van der Waals surface area contributed by atoms with Crippen LogP contribution in [0.5, 0.6) is 5.75 Å². The van der Waals surface area contributed by atoms with Gasteiger partial charge in [-0.1, -0.05) is 0 Å². The molecule has 0 saturated heterocycles. The normalized spacial score (nSPS) is 11.1. The zero-order chi connectivity index (χ0) is 16.9. The largest absolute Gasteiger partial charge is 0.508 e. The highest BCUT2D eigenvalue weighted by Crippen LogP contribution is 2.09. The molecule has 0 fully saturated rings. The average molecular weight is 322 g/mol. The molecule has 0 spiro atoms. The molecule has 0 unspecified atom stereocenters. The van der Waals surface area contributed by atoms with Crippen molar-refractivity contribution in [3.05, 3.63) is 29.8 Å². The summed E-state index contributed by atoms with van der Waals surface area (Å²) in [7, 11) is 0. The van der Waals surface area contributed by atoms with Gasteiger partial charge in [0.25, 0.3) is 5.91 Å². The predicted octanol–water partition coefficient (Wildman–Crippen LogP) is 0.714. The summed E-state index contributed by atoms with van der Waals surface area (Å²) < 4.78 is 5.24. The van der Waals surface area contributed by atoms with Crippen molar-refractivity contribution < 1.29 is 14.6 Å². The van der Waals surface area contributed by atoms with Gasteiger partial charge in [-0.2, -0.15) is 0 Å². The van der Waals surface area contributed by atoms with E-state index >= 15 is 0 Å². The lowest BCUT2D eigenvalue weighted by Gasteiger charge is -2.12. The van der Waals surface area contributed by atoms with Crippen molar-refractivity contribution in [2.75, 3.05) is 39.4 Å². The second kappa shape index (κ2) is 11.3. The Morgan fingerprint density at radius 2 is 1.83 bits per heavy atom. The number of carbonyl (C=O) groups is 1. The lowest BCUT2D eigenvalue weighted by atomic mass is 10.2. The van der Waals surface area contributed by atoms with Gasteiger partial charge in [-0.05, 0) is 38.1 Å². The first-order valence-electron chi connectivity index (χ1n) is 7.84. The molecule has 0 saturated carbocycles. The van der Waals surface area contributed by atoms with E-state index in [1.54, 1.807) is 12.1 Å². The van der Waals surface area contributed by atoms with Gasteiger partial charge in [-0.3, -0.25) is 9.79 Å². The first-order valence-corrected chi connectivity index (χ1v) is 7.84. The van der Waals surface area contributed by atoms with Crippen molar-refractivity contribution in [1.29, 1.82) is 0 Å². The zero-order valence-electron chi connectivity index (χ0n) is 13.8. The standard InChI is InChI=1S/C16H26N4O3/c1-3-17-16(20-11-12-23-4-2)19-10-9-18-15(22)13-5-7-14(21)8-6-13/h5-8,21H,3-4,9-12H2,1-2H3,(H,18,22)(H2,17,19,20). The highest BCUT2D eigenvalue weighted by atomic mass is 16.5. The van der Waals surface area contributed by atoms with Gasteiger partial charge in [0.2, 0.25) is 0 Å². The molecule has 1 aromatic carbocycles. The zero-order valence-corrected chi connectivity index (χ0v) is 13.8. The highest BCUT2D eigenvalue weighted by molar-refractivity contribution is 5.94. The molecule has 7 nitrogen and oxygen atoms in total. The molecule has 0 aliphatic carbocycles. The van der Waals surface area contributed by atoms with Crippen molar-refractivity contribution in [1.82, 2.24) is 16.0 Å². The predicted molar refractivity (Wildman–Crippen MR) is 90.9 cm³/mol. The minimum Gasteiger partial charge on any atom is -0.508 e. The number of carbonyl (C=O) groups excluding carboxylic acids is 1. The van der Waals surface area contributed by atoms with Crippen LogP contribution in [0, 0.1) is 0 Å².